The topological polar surface area (TPSA) is 208 Å². The van der Waals surface area contributed by atoms with Crippen molar-refractivity contribution in [3.8, 4) is 5.75 Å². The summed E-state index contributed by atoms with van der Waals surface area (Å²) in [4.78, 5) is 59.2. The van der Waals surface area contributed by atoms with Gasteiger partial charge in [-0.15, -0.1) is 0 Å². The van der Waals surface area contributed by atoms with Gasteiger partial charge in [0.2, 0.25) is 17.7 Å². The monoisotopic (exact) mass is 466 g/mol. The second-order valence-corrected chi connectivity index (χ2v) is 7.62. The Hall–Kier alpha value is -3.67. The molecule has 0 bridgehead atoms. The summed E-state index contributed by atoms with van der Waals surface area (Å²) in [7, 11) is 0. The summed E-state index contributed by atoms with van der Waals surface area (Å²) >= 11 is 0. The second-order valence-electron chi connectivity index (χ2n) is 7.62. The van der Waals surface area contributed by atoms with Gasteiger partial charge in [-0.25, -0.2) is 4.79 Å². The van der Waals surface area contributed by atoms with E-state index in [1.54, 1.807) is 13.8 Å². The van der Waals surface area contributed by atoms with Crippen molar-refractivity contribution in [2.75, 3.05) is 6.54 Å². The number of amides is 3. The van der Waals surface area contributed by atoms with Crippen LogP contribution >= 0.6 is 0 Å². The number of rotatable bonds is 13. The van der Waals surface area contributed by atoms with Crippen LogP contribution in [0.4, 0.5) is 0 Å². The zero-order chi connectivity index (χ0) is 25.1. The van der Waals surface area contributed by atoms with E-state index in [2.05, 4.69) is 16.0 Å². The molecule has 33 heavy (non-hydrogen) atoms. The molecule has 0 heterocycles. The van der Waals surface area contributed by atoms with Crippen molar-refractivity contribution in [2.24, 2.45) is 11.7 Å². The first kappa shape index (κ1) is 27.4. The number of phenolic OH excluding ortho intramolecular Hbond substituents is 1. The molecule has 0 aliphatic carbocycles. The standard InChI is InChI=1S/C21H30N4O8/c1-3-11(2)18(21(32)33)25-16(27)10-23-20(31)15(8-12-4-6-13(26)7-5-12)24-19(30)14(22)9-17(28)29/h4-7,11,14-15,18,26H,3,8-10,22H2,1-2H3,(H,23,31)(H,24,30)(H,25,27)(H,28,29)(H,32,33). The Kier molecular flexibility index (Phi) is 10.8. The Morgan fingerprint density at radius 2 is 1.61 bits per heavy atom. The summed E-state index contributed by atoms with van der Waals surface area (Å²) in [6.45, 7) is 2.91. The van der Waals surface area contributed by atoms with E-state index in [9.17, 15) is 34.2 Å². The fraction of sp³-hybridized carbons (Fsp3) is 0.476. The number of phenols is 1. The number of aromatic hydroxyl groups is 1. The maximum atomic E-state index is 12.7. The molecule has 8 N–H and O–H groups in total. The second kappa shape index (κ2) is 13.0. The van der Waals surface area contributed by atoms with Crippen LogP contribution in [0.3, 0.4) is 0 Å². The largest absolute Gasteiger partial charge is 0.508 e. The molecule has 0 aliphatic rings. The number of benzene rings is 1. The van der Waals surface area contributed by atoms with Crippen LogP contribution in [0.2, 0.25) is 0 Å². The van der Waals surface area contributed by atoms with Crippen LogP contribution in [0.25, 0.3) is 0 Å². The molecule has 0 spiro atoms. The fourth-order valence-corrected chi connectivity index (χ4v) is 2.83. The molecule has 0 fully saturated rings. The molecular weight excluding hydrogens is 436 g/mol. The maximum absolute atomic E-state index is 12.7. The first-order valence-electron chi connectivity index (χ1n) is 10.3. The van der Waals surface area contributed by atoms with Gasteiger partial charge in [0.15, 0.2) is 0 Å². The Balaban J connectivity index is 2.86. The Labute approximate surface area is 190 Å². The normalized spacial score (nSPS) is 14.3. The summed E-state index contributed by atoms with van der Waals surface area (Å²) in [5.74, 6) is -5.18. The van der Waals surface area contributed by atoms with E-state index in [1.807, 2.05) is 0 Å². The van der Waals surface area contributed by atoms with E-state index in [4.69, 9.17) is 10.8 Å². The minimum Gasteiger partial charge on any atom is -0.508 e. The van der Waals surface area contributed by atoms with Crippen LogP contribution in [0.1, 0.15) is 32.3 Å². The maximum Gasteiger partial charge on any atom is 0.326 e. The van der Waals surface area contributed by atoms with Gasteiger partial charge in [0.1, 0.15) is 17.8 Å². The first-order valence-corrected chi connectivity index (χ1v) is 10.3. The zero-order valence-corrected chi connectivity index (χ0v) is 18.4. The lowest BCUT2D eigenvalue weighted by Crippen LogP contribution is -2.54. The third-order valence-electron chi connectivity index (χ3n) is 4.96. The molecule has 182 valence electrons. The van der Waals surface area contributed by atoms with Gasteiger partial charge in [-0.05, 0) is 23.6 Å². The van der Waals surface area contributed by atoms with Gasteiger partial charge in [-0.3, -0.25) is 19.2 Å². The number of nitrogens with two attached hydrogens (primary N) is 1. The van der Waals surface area contributed by atoms with Crippen molar-refractivity contribution >= 4 is 29.7 Å². The molecule has 1 aromatic rings. The van der Waals surface area contributed by atoms with Gasteiger partial charge in [0.05, 0.1) is 19.0 Å². The third-order valence-corrected chi connectivity index (χ3v) is 4.96. The number of carboxylic acids is 2. The lowest BCUT2D eigenvalue weighted by Gasteiger charge is -2.22. The molecule has 12 heteroatoms. The van der Waals surface area contributed by atoms with Crippen molar-refractivity contribution in [1.82, 2.24) is 16.0 Å². The number of carbonyl (C=O) groups is 5. The quantitative estimate of drug-likeness (QED) is 0.189. The molecule has 12 nitrogen and oxygen atoms in total. The molecule has 4 atom stereocenters. The van der Waals surface area contributed by atoms with E-state index in [1.165, 1.54) is 24.3 Å². The van der Waals surface area contributed by atoms with Crippen LogP contribution in [0.5, 0.6) is 5.75 Å². The number of nitrogens with one attached hydrogen (secondary N) is 3. The highest BCUT2D eigenvalue weighted by atomic mass is 16.4. The van der Waals surface area contributed by atoms with Crippen LogP contribution in [-0.2, 0) is 30.4 Å². The number of hydrogen-bond acceptors (Lipinski definition) is 7. The van der Waals surface area contributed by atoms with Gasteiger partial charge in [0.25, 0.3) is 0 Å². The van der Waals surface area contributed by atoms with Gasteiger partial charge in [-0.2, -0.15) is 0 Å². The smallest absolute Gasteiger partial charge is 0.326 e. The summed E-state index contributed by atoms with van der Waals surface area (Å²) in [6.07, 6.45) is -0.168. The van der Waals surface area contributed by atoms with Crippen molar-refractivity contribution in [1.29, 1.82) is 0 Å². The van der Waals surface area contributed by atoms with Crippen molar-refractivity contribution in [2.45, 2.75) is 51.2 Å². The number of carboxylic acid groups (broad SMARTS) is 2. The summed E-state index contributed by atoms with van der Waals surface area (Å²) < 4.78 is 0. The van der Waals surface area contributed by atoms with Crippen molar-refractivity contribution < 1.29 is 39.3 Å². The van der Waals surface area contributed by atoms with E-state index in [0.29, 0.717) is 12.0 Å². The third kappa shape index (κ3) is 9.56. The molecule has 0 aromatic heterocycles. The van der Waals surface area contributed by atoms with Gasteiger partial charge in [0, 0.05) is 6.42 Å². The SMILES string of the molecule is CCC(C)C(NC(=O)CNC(=O)C(Cc1ccc(O)cc1)NC(=O)C(N)CC(=O)O)C(=O)O. The molecule has 0 aliphatic heterocycles. The lowest BCUT2D eigenvalue weighted by molar-refractivity contribution is -0.143. The highest BCUT2D eigenvalue weighted by molar-refractivity contribution is 5.93. The Bertz CT molecular complexity index is 858. The number of hydrogen-bond donors (Lipinski definition) is 7. The molecule has 1 rings (SSSR count). The van der Waals surface area contributed by atoms with Crippen LogP contribution < -0.4 is 21.7 Å². The highest BCUT2D eigenvalue weighted by Gasteiger charge is 2.28. The van der Waals surface area contributed by atoms with Gasteiger partial charge < -0.3 is 37.0 Å². The minimum absolute atomic E-state index is 0.00164. The molecule has 0 saturated carbocycles. The minimum atomic E-state index is -1.40. The number of aliphatic carboxylic acids is 2. The predicted molar refractivity (Wildman–Crippen MR) is 116 cm³/mol. The van der Waals surface area contributed by atoms with E-state index in [-0.39, 0.29) is 18.1 Å². The van der Waals surface area contributed by atoms with E-state index >= 15 is 0 Å². The van der Waals surface area contributed by atoms with Crippen molar-refractivity contribution in [3.63, 3.8) is 0 Å². The summed E-state index contributed by atoms with van der Waals surface area (Å²) in [6, 6.07) is 2.09. The van der Waals surface area contributed by atoms with Crippen molar-refractivity contribution in [3.05, 3.63) is 29.8 Å². The summed E-state index contributed by atoms with van der Waals surface area (Å²) in [5, 5.41) is 34.5. The molecule has 3 amide bonds. The van der Waals surface area contributed by atoms with Crippen LogP contribution in [0.15, 0.2) is 24.3 Å². The number of carbonyl (C=O) groups excluding carboxylic acids is 3. The predicted octanol–water partition coefficient (Wildman–Crippen LogP) is -1.05. The highest BCUT2D eigenvalue weighted by Crippen LogP contribution is 2.12. The first-order chi connectivity index (χ1) is 15.4. The fourth-order valence-electron chi connectivity index (χ4n) is 2.83. The molecule has 1 aromatic carbocycles. The summed E-state index contributed by atoms with van der Waals surface area (Å²) in [5.41, 5.74) is 6.11. The zero-order valence-electron chi connectivity index (χ0n) is 18.4. The average molecular weight is 466 g/mol. The van der Waals surface area contributed by atoms with E-state index < -0.39 is 60.8 Å². The molecule has 0 radical (unpaired) electrons. The molecular formula is C21H30N4O8. The molecule has 4 unspecified atom stereocenters. The van der Waals surface area contributed by atoms with Gasteiger partial charge in [-0.1, -0.05) is 32.4 Å². The van der Waals surface area contributed by atoms with E-state index in [0.717, 1.165) is 0 Å². The Morgan fingerprint density at radius 1 is 1.00 bits per heavy atom. The lowest BCUT2D eigenvalue weighted by atomic mass is 9.99. The van der Waals surface area contributed by atoms with Crippen LogP contribution in [0, 0.1) is 5.92 Å². The molecule has 0 saturated heterocycles. The average Bonchev–Trinajstić information content (AvgIpc) is 2.75. The van der Waals surface area contributed by atoms with Gasteiger partial charge >= 0.3 is 11.9 Å². The van der Waals surface area contributed by atoms with Crippen LogP contribution in [-0.4, -0.2) is 69.7 Å². The Morgan fingerprint density at radius 3 is 2.12 bits per heavy atom.